The normalized spacial score (nSPS) is 10.4. The molecule has 3 nitrogen and oxygen atoms in total. The van der Waals surface area contributed by atoms with Crippen LogP contribution in [-0.2, 0) is 0 Å². The zero-order valence-electron chi connectivity index (χ0n) is 11.7. The molecular weight excluding hydrogens is 248 g/mol. The second-order valence-electron chi connectivity index (χ2n) is 4.63. The van der Waals surface area contributed by atoms with Gasteiger partial charge in [-0.3, -0.25) is 0 Å². The van der Waals surface area contributed by atoms with Gasteiger partial charge in [-0.1, -0.05) is 42.5 Å². The predicted molar refractivity (Wildman–Crippen MR) is 83.9 cm³/mol. The molecule has 0 atom stereocenters. The third-order valence-electron chi connectivity index (χ3n) is 3.05. The van der Waals surface area contributed by atoms with Gasteiger partial charge < -0.3 is 15.8 Å². The minimum absolute atomic E-state index is 0.682. The highest BCUT2D eigenvalue weighted by atomic mass is 16.5. The van der Waals surface area contributed by atoms with Crippen molar-refractivity contribution in [3.63, 3.8) is 0 Å². The quantitative estimate of drug-likeness (QED) is 0.725. The zero-order chi connectivity index (χ0) is 14.0. The van der Waals surface area contributed by atoms with Crippen LogP contribution in [0.25, 0.3) is 11.1 Å². The third kappa shape index (κ3) is 4.68. The standard InChI is InChI=1S/C17H22N2O/c18-11-13-19-12-4-14-20-17-9-7-16(8-10-17)15-5-2-1-3-6-15/h1-3,5-10,19H,4,11-14,18H2. The number of rotatable bonds is 8. The molecule has 0 unspecified atom stereocenters. The van der Waals surface area contributed by atoms with E-state index in [1.165, 1.54) is 11.1 Å². The molecular formula is C17H22N2O. The van der Waals surface area contributed by atoms with E-state index >= 15 is 0 Å². The summed E-state index contributed by atoms with van der Waals surface area (Å²) in [6, 6.07) is 18.6. The van der Waals surface area contributed by atoms with Crippen LogP contribution in [0.5, 0.6) is 5.75 Å². The fourth-order valence-electron chi connectivity index (χ4n) is 1.99. The van der Waals surface area contributed by atoms with Crippen LogP contribution in [0.1, 0.15) is 6.42 Å². The maximum atomic E-state index is 5.71. The molecule has 2 aromatic carbocycles. The van der Waals surface area contributed by atoms with Crippen molar-refractivity contribution in [2.75, 3.05) is 26.2 Å². The Morgan fingerprint density at radius 2 is 1.55 bits per heavy atom. The molecule has 20 heavy (non-hydrogen) atoms. The van der Waals surface area contributed by atoms with Gasteiger partial charge in [0.05, 0.1) is 6.61 Å². The lowest BCUT2D eigenvalue weighted by atomic mass is 10.1. The van der Waals surface area contributed by atoms with Gasteiger partial charge in [-0.25, -0.2) is 0 Å². The van der Waals surface area contributed by atoms with Crippen molar-refractivity contribution in [1.29, 1.82) is 0 Å². The second-order valence-corrected chi connectivity index (χ2v) is 4.63. The molecule has 3 N–H and O–H groups in total. The van der Waals surface area contributed by atoms with Crippen molar-refractivity contribution < 1.29 is 4.74 Å². The highest BCUT2D eigenvalue weighted by Crippen LogP contribution is 2.21. The van der Waals surface area contributed by atoms with Gasteiger partial charge in [0.15, 0.2) is 0 Å². The van der Waals surface area contributed by atoms with Crippen molar-refractivity contribution >= 4 is 0 Å². The first kappa shape index (κ1) is 14.6. The Morgan fingerprint density at radius 3 is 2.25 bits per heavy atom. The first-order chi connectivity index (χ1) is 9.90. The summed E-state index contributed by atoms with van der Waals surface area (Å²) in [7, 11) is 0. The van der Waals surface area contributed by atoms with E-state index in [9.17, 15) is 0 Å². The highest BCUT2D eigenvalue weighted by molar-refractivity contribution is 5.63. The first-order valence-corrected chi connectivity index (χ1v) is 7.09. The van der Waals surface area contributed by atoms with Crippen LogP contribution < -0.4 is 15.8 Å². The highest BCUT2D eigenvalue weighted by Gasteiger charge is 1.98. The molecule has 0 bridgehead atoms. The molecule has 0 saturated carbocycles. The van der Waals surface area contributed by atoms with E-state index in [4.69, 9.17) is 10.5 Å². The number of nitrogens with two attached hydrogens (primary N) is 1. The molecule has 2 aromatic rings. The van der Waals surface area contributed by atoms with E-state index < -0.39 is 0 Å². The Labute approximate surface area is 120 Å². The van der Waals surface area contributed by atoms with Crippen molar-refractivity contribution in [2.24, 2.45) is 5.73 Å². The number of nitrogens with one attached hydrogen (secondary N) is 1. The van der Waals surface area contributed by atoms with Gasteiger partial charge in [0.2, 0.25) is 0 Å². The average Bonchev–Trinajstić information content (AvgIpc) is 2.52. The summed E-state index contributed by atoms with van der Waals surface area (Å²) in [5, 5.41) is 3.25. The van der Waals surface area contributed by atoms with Gasteiger partial charge in [-0.2, -0.15) is 0 Å². The van der Waals surface area contributed by atoms with Gasteiger partial charge >= 0.3 is 0 Å². The summed E-state index contributed by atoms with van der Waals surface area (Å²) < 4.78 is 5.71. The van der Waals surface area contributed by atoms with Crippen LogP contribution in [0.3, 0.4) is 0 Å². The fourth-order valence-corrected chi connectivity index (χ4v) is 1.99. The molecule has 0 aliphatic rings. The largest absolute Gasteiger partial charge is 0.494 e. The van der Waals surface area contributed by atoms with E-state index in [1.54, 1.807) is 0 Å². The van der Waals surface area contributed by atoms with Crippen LogP contribution in [0, 0.1) is 0 Å². The first-order valence-electron chi connectivity index (χ1n) is 7.09. The molecule has 0 amide bonds. The lowest BCUT2D eigenvalue weighted by Crippen LogP contribution is -2.24. The lowest BCUT2D eigenvalue weighted by molar-refractivity contribution is 0.308. The summed E-state index contributed by atoms with van der Waals surface area (Å²) >= 11 is 0. The van der Waals surface area contributed by atoms with Crippen LogP contribution in [0.2, 0.25) is 0 Å². The van der Waals surface area contributed by atoms with Crippen molar-refractivity contribution in [3.8, 4) is 16.9 Å². The van der Waals surface area contributed by atoms with E-state index in [2.05, 4.69) is 29.6 Å². The Morgan fingerprint density at radius 1 is 0.850 bits per heavy atom. The number of hydrogen-bond acceptors (Lipinski definition) is 3. The van der Waals surface area contributed by atoms with Gasteiger partial charge in [0.1, 0.15) is 5.75 Å². The third-order valence-corrected chi connectivity index (χ3v) is 3.05. The molecule has 0 aliphatic carbocycles. The van der Waals surface area contributed by atoms with Crippen molar-refractivity contribution in [3.05, 3.63) is 54.6 Å². The summed E-state index contributed by atoms with van der Waals surface area (Å²) in [6.07, 6.45) is 0.987. The number of hydrogen-bond donors (Lipinski definition) is 2. The van der Waals surface area contributed by atoms with E-state index in [-0.39, 0.29) is 0 Å². The fraction of sp³-hybridized carbons (Fsp3) is 0.294. The molecule has 0 aromatic heterocycles. The molecule has 106 valence electrons. The topological polar surface area (TPSA) is 47.3 Å². The smallest absolute Gasteiger partial charge is 0.119 e. The van der Waals surface area contributed by atoms with Crippen LogP contribution in [0.4, 0.5) is 0 Å². The van der Waals surface area contributed by atoms with Crippen LogP contribution in [0.15, 0.2) is 54.6 Å². The molecule has 2 rings (SSSR count). The Bertz CT molecular complexity index is 482. The Kier molecular flexibility index (Phi) is 6.08. The molecule has 0 heterocycles. The average molecular weight is 270 g/mol. The number of benzene rings is 2. The van der Waals surface area contributed by atoms with Crippen molar-refractivity contribution in [1.82, 2.24) is 5.32 Å². The monoisotopic (exact) mass is 270 g/mol. The Balaban J connectivity index is 1.77. The predicted octanol–water partition coefficient (Wildman–Crippen LogP) is 2.67. The van der Waals surface area contributed by atoms with E-state index in [1.807, 2.05) is 30.3 Å². The lowest BCUT2D eigenvalue weighted by Gasteiger charge is -2.08. The SMILES string of the molecule is NCCNCCCOc1ccc(-c2ccccc2)cc1. The molecule has 0 saturated heterocycles. The molecule has 0 fully saturated rings. The summed E-state index contributed by atoms with van der Waals surface area (Å²) in [6.45, 7) is 3.22. The van der Waals surface area contributed by atoms with Crippen LogP contribution >= 0.6 is 0 Å². The van der Waals surface area contributed by atoms with E-state index in [0.717, 1.165) is 31.9 Å². The minimum Gasteiger partial charge on any atom is -0.494 e. The van der Waals surface area contributed by atoms with Gasteiger partial charge in [0.25, 0.3) is 0 Å². The molecule has 0 spiro atoms. The molecule has 0 aliphatic heterocycles. The van der Waals surface area contributed by atoms with E-state index in [0.29, 0.717) is 6.54 Å². The summed E-state index contributed by atoms with van der Waals surface area (Å²) in [4.78, 5) is 0. The second kappa shape index (κ2) is 8.35. The zero-order valence-corrected chi connectivity index (χ0v) is 11.7. The van der Waals surface area contributed by atoms with Gasteiger partial charge in [-0.15, -0.1) is 0 Å². The number of ether oxygens (including phenoxy) is 1. The maximum Gasteiger partial charge on any atom is 0.119 e. The van der Waals surface area contributed by atoms with Gasteiger partial charge in [0, 0.05) is 13.1 Å². The summed E-state index contributed by atoms with van der Waals surface area (Å²) in [5.41, 5.74) is 7.84. The van der Waals surface area contributed by atoms with Gasteiger partial charge in [-0.05, 0) is 36.2 Å². The maximum absolute atomic E-state index is 5.71. The summed E-state index contributed by atoms with van der Waals surface area (Å²) in [5.74, 6) is 0.920. The molecule has 3 heteroatoms. The Hall–Kier alpha value is -1.84. The van der Waals surface area contributed by atoms with Crippen molar-refractivity contribution in [2.45, 2.75) is 6.42 Å². The van der Waals surface area contributed by atoms with Crippen LogP contribution in [-0.4, -0.2) is 26.2 Å². The molecule has 0 radical (unpaired) electrons. The minimum atomic E-state index is 0.682.